The Hall–Kier alpha value is -3.86. The Labute approximate surface area is 193 Å². The van der Waals surface area contributed by atoms with Crippen LogP contribution < -0.4 is 10.1 Å². The lowest BCUT2D eigenvalue weighted by atomic mass is 9.90. The number of benzene rings is 3. The maximum absolute atomic E-state index is 13.1. The molecule has 0 saturated carbocycles. The van der Waals surface area contributed by atoms with E-state index >= 15 is 0 Å². The number of amides is 2. The molecule has 0 radical (unpaired) electrons. The van der Waals surface area contributed by atoms with Crippen molar-refractivity contribution in [1.82, 2.24) is 4.90 Å². The molecule has 1 fully saturated rings. The van der Waals surface area contributed by atoms with Gasteiger partial charge in [0.1, 0.15) is 0 Å². The molecule has 0 spiro atoms. The predicted octanol–water partition coefficient (Wildman–Crippen LogP) is 5.15. The zero-order chi connectivity index (χ0) is 22.6. The first-order chi connectivity index (χ1) is 16.2. The van der Waals surface area contributed by atoms with E-state index in [1.807, 2.05) is 41.3 Å². The number of hydrogen-bond acceptors (Lipinski definition) is 3. The second-order valence-corrected chi connectivity index (χ2v) is 8.61. The van der Waals surface area contributed by atoms with Crippen LogP contribution >= 0.6 is 0 Å². The van der Waals surface area contributed by atoms with E-state index < -0.39 is 0 Å². The molecule has 0 unspecified atom stereocenters. The van der Waals surface area contributed by atoms with Gasteiger partial charge in [0.15, 0.2) is 11.5 Å². The number of hydrogen-bond donors (Lipinski definition) is 1. The normalized spacial score (nSPS) is 17.3. The molecule has 0 bridgehead atoms. The number of carbonyl (C=O) groups is 2. The van der Waals surface area contributed by atoms with Crippen LogP contribution in [0.5, 0.6) is 5.75 Å². The average Bonchev–Trinajstić information content (AvgIpc) is 2.85. The lowest BCUT2D eigenvalue weighted by molar-refractivity contribution is -0.115. The summed E-state index contributed by atoms with van der Waals surface area (Å²) in [6.45, 7) is 1.50. The number of piperidine rings is 1. The summed E-state index contributed by atoms with van der Waals surface area (Å²) in [4.78, 5) is 27.5. The minimum absolute atomic E-state index is 0.00386. The SMILES string of the molecule is O=C1Nc2cc(C(=O)N3CCC(Cc4ccccc4)CC3)ccc2OC1=Cc1ccccc1. The molecule has 33 heavy (non-hydrogen) atoms. The molecule has 1 N–H and O–H groups in total. The number of nitrogens with one attached hydrogen (secondary N) is 1. The quantitative estimate of drug-likeness (QED) is 0.573. The Bertz CT molecular complexity index is 1180. The number of nitrogens with zero attached hydrogens (tertiary/aromatic N) is 1. The Morgan fingerprint density at radius 2 is 1.67 bits per heavy atom. The fourth-order valence-corrected chi connectivity index (χ4v) is 4.46. The molecule has 0 aromatic heterocycles. The third-order valence-corrected chi connectivity index (χ3v) is 6.28. The average molecular weight is 439 g/mol. The molecule has 3 aromatic rings. The molecular weight excluding hydrogens is 412 g/mol. The Morgan fingerprint density at radius 1 is 0.970 bits per heavy atom. The van der Waals surface area contributed by atoms with Gasteiger partial charge in [0.05, 0.1) is 5.69 Å². The van der Waals surface area contributed by atoms with E-state index in [1.54, 1.807) is 24.3 Å². The van der Waals surface area contributed by atoms with E-state index in [4.69, 9.17) is 4.74 Å². The van der Waals surface area contributed by atoms with Gasteiger partial charge in [-0.1, -0.05) is 60.7 Å². The van der Waals surface area contributed by atoms with Gasteiger partial charge in [-0.25, -0.2) is 0 Å². The summed E-state index contributed by atoms with van der Waals surface area (Å²) in [5.41, 5.74) is 3.33. The van der Waals surface area contributed by atoms with Crippen LogP contribution in [-0.4, -0.2) is 29.8 Å². The molecule has 5 heteroatoms. The molecule has 5 rings (SSSR count). The molecule has 2 heterocycles. The van der Waals surface area contributed by atoms with Crippen molar-refractivity contribution in [3.63, 3.8) is 0 Å². The Kier molecular flexibility index (Phi) is 5.94. The Balaban J connectivity index is 1.24. The first-order valence-corrected chi connectivity index (χ1v) is 11.4. The number of ether oxygens (including phenoxy) is 1. The van der Waals surface area contributed by atoms with E-state index in [2.05, 4.69) is 29.6 Å². The summed E-state index contributed by atoms with van der Waals surface area (Å²) in [5.74, 6) is 1.04. The van der Waals surface area contributed by atoms with Crippen LogP contribution in [0.1, 0.15) is 34.3 Å². The maximum atomic E-state index is 13.1. The number of anilines is 1. The van der Waals surface area contributed by atoms with Gasteiger partial charge in [0.2, 0.25) is 0 Å². The van der Waals surface area contributed by atoms with E-state index in [9.17, 15) is 9.59 Å². The van der Waals surface area contributed by atoms with Crippen molar-refractivity contribution in [1.29, 1.82) is 0 Å². The molecule has 1 saturated heterocycles. The van der Waals surface area contributed by atoms with E-state index in [0.717, 1.165) is 37.9 Å². The monoisotopic (exact) mass is 438 g/mol. The zero-order valence-electron chi connectivity index (χ0n) is 18.4. The lowest BCUT2D eigenvalue weighted by Gasteiger charge is -2.32. The summed E-state index contributed by atoms with van der Waals surface area (Å²) in [7, 11) is 0. The fraction of sp³-hybridized carbons (Fsp3) is 0.214. The highest BCUT2D eigenvalue weighted by Crippen LogP contribution is 2.33. The third kappa shape index (κ3) is 4.82. The van der Waals surface area contributed by atoms with Crippen molar-refractivity contribution in [2.75, 3.05) is 18.4 Å². The van der Waals surface area contributed by atoms with Crippen molar-refractivity contribution in [3.8, 4) is 5.75 Å². The molecule has 5 nitrogen and oxygen atoms in total. The largest absolute Gasteiger partial charge is 0.449 e. The second-order valence-electron chi connectivity index (χ2n) is 8.61. The minimum atomic E-state index is -0.322. The van der Waals surface area contributed by atoms with Crippen LogP contribution in [0.2, 0.25) is 0 Å². The van der Waals surface area contributed by atoms with Gasteiger partial charge in [-0.05, 0) is 60.6 Å². The molecule has 2 amide bonds. The standard InChI is InChI=1S/C28H26N2O3/c31-27-26(18-21-9-5-2-6-10-21)33-25-12-11-23(19-24(25)29-27)28(32)30-15-13-22(14-16-30)17-20-7-3-1-4-8-20/h1-12,18-19,22H,13-17H2,(H,29,31). The lowest BCUT2D eigenvalue weighted by Crippen LogP contribution is -2.39. The van der Waals surface area contributed by atoms with E-state index in [1.165, 1.54) is 5.56 Å². The summed E-state index contributed by atoms with van der Waals surface area (Å²) < 4.78 is 5.82. The molecule has 166 valence electrons. The second kappa shape index (κ2) is 9.33. The van der Waals surface area contributed by atoms with Gasteiger partial charge < -0.3 is 15.0 Å². The topological polar surface area (TPSA) is 58.6 Å². The van der Waals surface area contributed by atoms with Crippen LogP contribution in [0.25, 0.3) is 6.08 Å². The molecule has 3 aromatic carbocycles. The zero-order valence-corrected chi connectivity index (χ0v) is 18.4. The number of fused-ring (bicyclic) bond motifs is 1. The van der Waals surface area contributed by atoms with Crippen LogP contribution in [0.4, 0.5) is 5.69 Å². The van der Waals surface area contributed by atoms with Crippen LogP contribution in [0, 0.1) is 5.92 Å². The van der Waals surface area contributed by atoms with Gasteiger partial charge in [-0.3, -0.25) is 9.59 Å². The van der Waals surface area contributed by atoms with Crippen molar-refractivity contribution in [2.24, 2.45) is 5.92 Å². The molecular formula is C28H26N2O3. The number of rotatable bonds is 4. The first-order valence-electron chi connectivity index (χ1n) is 11.4. The molecule has 2 aliphatic heterocycles. The van der Waals surface area contributed by atoms with Gasteiger partial charge in [-0.15, -0.1) is 0 Å². The van der Waals surface area contributed by atoms with Crippen molar-refractivity contribution >= 4 is 23.6 Å². The van der Waals surface area contributed by atoms with Gasteiger partial charge in [0.25, 0.3) is 11.8 Å². The van der Waals surface area contributed by atoms with E-state index in [-0.39, 0.29) is 17.6 Å². The van der Waals surface area contributed by atoms with Crippen LogP contribution in [-0.2, 0) is 11.2 Å². The Morgan fingerprint density at radius 3 is 2.39 bits per heavy atom. The van der Waals surface area contributed by atoms with Gasteiger partial charge in [-0.2, -0.15) is 0 Å². The highest BCUT2D eigenvalue weighted by Gasteiger charge is 2.27. The molecule has 2 aliphatic rings. The highest BCUT2D eigenvalue weighted by atomic mass is 16.5. The van der Waals surface area contributed by atoms with Crippen molar-refractivity contribution < 1.29 is 14.3 Å². The number of carbonyl (C=O) groups excluding carboxylic acids is 2. The predicted molar refractivity (Wildman–Crippen MR) is 129 cm³/mol. The van der Waals surface area contributed by atoms with Crippen LogP contribution in [0.3, 0.4) is 0 Å². The summed E-state index contributed by atoms with van der Waals surface area (Å²) in [6.07, 6.45) is 4.76. The summed E-state index contributed by atoms with van der Waals surface area (Å²) >= 11 is 0. The first kappa shape index (κ1) is 21.0. The fourth-order valence-electron chi connectivity index (χ4n) is 4.46. The minimum Gasteiger partial charge on any atom is -0.449 e. The van der Waals surface area contributed by atoms with Crippen molar-refractivity contribution in [3.05, 3.63) is 101 Å². The third-order valence-electron chi connectivity index (χ3n) is 6.28. The maximum Gasteiger partial charge on any atom is 0.291 e. The van der Waals surface area contributed by atoms with Crippen molar-refractivity contribution in [2.45, 2.75) is 19.3 Å². The highest BCUT2D eigenvalue weighted by molar-refractivity contribution is 6.09. The summed E-state index contributed by atoms with van der Waals surface area (Å²) in [5, 5.41) is 2.86. The number of likely N-dealkylation sites (tertiary alicyclic amines) is 1. The smallest absolute Gasteiger partial charge is 0.291 e. The van der Waals surface area contributed by atoms with Gasteiger partial charge in [0, 0.05) is 18.7 Å². The molecule has 0 atom stereocenters. The summed E-state index contributed by atoms with van der Waals surface area (Å²) in [6, 6.07) is 25.3. The van der Waals surface area contributed by atoms with E-state index in [0.29, 0.717) is 22.9 Å². The van der Waals surface area contributed by atoms with Gasteiger partial charge >= 0.3 is 0 Å². The molecule has 0 aliphatic carbocycles. The van der Waals surface area contributed by atoms with Crippen LogP contribution in [0.15, 0.2) is 84.6 Å².